The Morgan fingerprint density at radius 3 is 1.86 bits per heavy atom. The fourth-order valence-corrected chi connectivity index (χ4v) is 3.45. The Bertz CT molecular complexity index is 342. The molecule has 0 unspecified atom stereocenters. The van der Waals surface area contributed by atoms with E-state index >= 15 is 0 Å². The minimum absolute atomic E-state index is 0.0788. The lowest BCUT2D eigenvalue weighted by molar-refractivity contribution is -0.150. The SMILES string of the molecule is CCCCCCCCCOCCOCCOCCCC(=O)OC1CCCCC1. The molecule has 1 aliphatic rings. The predicted molar refractivity (Wildman–Crippen MR) is 113 cm³/mol. The van der Waals surface area contributed by atoms with Crippen LogP contribution in [0.3, 0.4) is 0 Å². The first-order valence-electron chi connectivity index (χ1n) is 11.8. The van der Waals surface area contributed by atoms with Crippen LogP contribution in [0.1, 0.15) is 96.8 Å². The maximum atomic E-state index is 11.8. The molecule has 0 aromatic heterocycles. The van der Waals surface area contributed by atoms with Gasteiger partial charge in [-0.25, -0.2) is 0 Å². The highest BCUT2D eigenvalue weighted by Gasteiger charge is 2.17. The maximum Gasteiger partial charge on any atom is 0.306 e. The van der Waals surface area contributed by atoms with Crippen molar-refractivity contribution in [2.45, 2.75) is 103 Å². The summed E-state index contributed by atoms with van der Waals surface area (Å²) in [4.78, 5) is 11.8. The monoisotopic (exact) mass is 400 g/mol. The molecular weight excluding hydrogens is 356 g/mol. The van der Waals surface area contributed by atoms with Crippen LogP contribution in [0.4, 0.5) is 0 Å². The van der Waals surface area contributed by atoms with Crippen molar-refractivity contribution in [1.29, 1.82) is 0 Å². The molecule has 5 nitrogen and oxygen atoms in total. The maximum absolute atomic E-state index is 11.8. The van der Waals surface area contributed by atoms with Crippen LogP contribution < -0.4 is 0 Å². The Morgan fingerprint density at radius 1 is 0.679 bits per heavy atom. The molecule has 0 amide bonds. The Hall–Kier alpha value is -0.650. The Morgan fingerprint density at radius 2 is 1.21 bits per heavy atom. The molecule has 1 saturated carbocycles. The van der Waals surface area contributed by atoms with Crippen molar-refractivity contribution in [3.8, 4) is 0 Å². The first-order chi connectivity index (χ1) is 13.8. The predicted octanol–water partition coefficient (Wildman–Crippen LogP) is 5.44. The largest absolute Gasteiger partial charge is 0.462 e. The molecule has 0 heterocycles. The van der Waals surface area contributed by atoms with Crippen LogP contribution in [-0.4, -0.2) is 51.7 Å². The summed E-state index contributed by atoms with van der Waals surface area (Å²) in [5.74, 6) is -0.0788. The second-order valence-corrected chi connectivity index (χ2v) is 7.81. The average Bonchev–Trinajstić information content (AvgIpc) is 2.71. The molecule has 1 fully saturated rings. The molecule has 0 aromatic carbocycles. The van der Waals surface area contributed by atoms with Gasteiger partial charge in [0.2, 0.25) is 0 Å². The van der Waals surface area contributed by atoms with Crippen molar-refractivity contribution in [1.82, 2.24) is 0 Å². The lowest BCUT2D eigenvalue weighted by Crippen LogP contribution is -2.21. The van der Waals surface area contributed by atoms with Gasteiger partial charge in [0.15, 0.2) is 0 Å². The second-order valence-electron chi connectivity index (χ2n) is 7.81. The van der Waals surface area contributed by atoms with Gasteiger partial charge in [-0.15, -0.1) is 0 Å². The van der Waals surface area contributed by atoms with E-state index in [1.807, 2.05) is 0 Å². The minimum Gasteiger partial charge on any atom is -0.462 e. The van der Waals surface area contributed by atoms with Gasteiger partial charge in [-0.2, -0.15) is 0 Å². The summed E-state index contributed by atoms with van der Waals surface area (Å²) in [6.45, 7) is 6.08. The van der Waals surface area contributed by atoms with E-state index in [-0.39, 0.29) is 12.1 Å². The number of esters is 1. The van der Waals surface area contributed by atoms with Crippen molar-refractivity contribution in [3.63, 3.8) is 0 Å². The summed E-state index contributed by atoms with van der Waals surface area (Å²) >= 11 is 0. The first kappa shape index (κ1) is 25.4. The highest BCUT2D eigenvalue weighted by Crippen LogP contribution is 2.20. The van der Waals surface area contributed by atoms with Gasteiger partial charge in [-0.3, -0.25) is 4.79 Å². The van der Waals surface area contributed by atoms with Gasteiger partial charge in [0, 0.05) is 19.6 Å². The summed E-state index contributed by atoms with van der Waals surface area (Å²) in [5, 5.41) is 0. The van der Waals surface area contributed by atoms with Gasteiger partial charge in [0.1, 0.15) is 6.10 Å². The number of carbonyl (C=O) groups is 1. The van der Waals surface area contributed by atoms with Crippen molar-refractivity contribution in [2.24, 2.45) is 0 Å². The molecule has 0 radical (unpaired) electrons. The van der Waals surface area contributed by atoms with Gasteiger partial charge >= 0.3 is 5.97 Å². The highest BCUT2D eigenvalue weighted by molar-refractivity contribution is 5.69. The zero-order chi connectivity index (χ0) is 20.1. The Labute approximate surface area is 172 Å². The van der Waals surface area contributed by atoms with Crippen molar-refractivity contribution < 1.29 is 23.7 Å². The molecule has 28 heavy (non-hydrogen) atoms. The van der Waals surface area contributed by atoms with E-state index in [0.717, 1.165) is 25.9 Å². The number of hydrogen-bond donors (Lipinski definition) is 0. The molecule has 0 N–H and O–H groups in total. The van der Waals surface area contributed by atoms with E-state index in [0.29, 0.717) is 45.9 Å². The second kappa shape index (κ2) is 19.7. The number of ether oxygens (including phenoxy) is 4. The van der Waals surface area contributed by atoms with E-state index in [2.05, 4.69) is 6.92 Å². The summed E-state index contributed by atoms with van der Waals surface area (Å²) in [6, 6.07) is 0. The van der Waals surface area contributed by atoms with Crippen molar-refractivity contribution in [3.05, 3.63) is 0 Å². The third-order valence-corrected chi connectivity index (χ3v) is 5.16. The van der Waals surface area contributed by atoms with Crippen LogP contribution >= 0.6 is 0 Å². The molecule has 1 rings (SSSR count). The number of unbranched alkanes of at least 4 members (excludes halogenated alkanes) is 6. The Balaban J connectivity index is 1.71. The normalized spacial score (nSPS) is 15.0. The van der Waals surface area contributed by atoms with Crippen LogP contribution in [0.5, 0.6) is 0 Å². The molecule has 5 heteroatoms. The van der Waals surface area contributed by atoms with Crippen LogP contribution in [0.2, 0.25) is 0 Å². The van der Waals surface area contributed by atoms with Crippen molar-refractivity contribution in [2.75, 3.05) is 39.6 Å². The molecule has 0 atom stereocenters. The number of rotatable bonds is 19. The molecule has 0 aromatic rings. The zero-order valence-corrected chi connectivity index (χ0v) is 18.3. The van der Waals surface area contributed by atoms with Gasteiger partial charge in [-0.1, -0.05) is 51.9 Å². The lowest BCUT2D eigenvalue weighted by atomic mass is 9.98. The zero-order valence-electron chi connectivity index (χ0n) is 18.3. The quantitative estimate of drug-likeness (QED) is 0.213. The summed E-state index contributed by atoms with van der Waals surface area (Å²) in [6.07, 6.45) is 16.2. The van der Waals surface area contributed by atoms with E-state index in [1.54, 1.807) is 0 Å². The summed E-state index contributed by atoms with van der Waals surface area (Å²) < 4.78 is 22.1. The third kappa shape index (κ3) is 16.3. The van der Waals surface area contributed by atoms with Crippen LogP contribution in [0.25, 0.3) is 0 Å². The molecule has 0 spiro atoms. The van der Waals surface area contributed by atoms with Crippen molar-refractivity contribution >= 4 is 5.97 Å². The minimum atomic E-state index is -0.0788. The molecule has 1 aliphatic carbocycles. The smallest absolute Gasteiger partial charge is 0.306 e. The molecular formula is C23H44O5. The van der Waals surface area contributed by atoms with Gasteiger partial charge < -0.3 is 18.9 Å². The van der Waals surface area contributed by atoms with Crippen LogP contribution in [0.15, 0.2) is 0 Å². The summed E-state index contributed by atoms with van der Waals surface area (Å²) in [7, 11) is 0. The number of hydrogen-bond acceptors (Lipinski definition) is 5. The molecule has 0 bridgehead atoms. The van der Waals surface area contributed by atoms with Gasteiger partial charge in [0.05, 0.1) is 26.4 Å². The van der Waals surface area contributed by atoms with E-state index in [1.165, 1.54) is 57.8 Å². The first-order valence-corrected chi connectivity index (χ1v) is 11.8. The van der Waals surface area contributed by atoms with E-state index in [9.17, 15) is 4.79 Å². The van der Waals surface area contributed by atoms with Gasteiger partial charge in [0.25, 0.3) is 0 Å². The fraction of sp³-hybridized carbons (Fsp3) is 0.957. The molecule has 0 saturated heterocycles. The van der Waals surface area contributed by atoms with Gasteiger partial charge in [-0.05, 0) is 38.5 Å². The molecule has 0 aliphatic heterocycles. The lowest BCUT2D eigenvalue weighted by Gasteiger charge is -2.21. The number of carbonyl (C=O) groups excluding carboxylic acids is 1. The third-order valence-electron chi connectivity index (χ3n) is 5.16. The molecule has 166 valence electrons. The summed E-state index contributed by atoms with van der Waals surface area (Å²) in [5.41, 5.74) is 0. The average molecular weight is 401 g/mol. The standard InChI is InChI=1S/C23H44O5/c1-2-3-4-5-6-7-11-16-25-18-20-27-21-19-26-17-12-15-23(24)28-22-13-9-8-10-14-22/h22H,2-21H2,1H3. The van der Waals surface area contributed by atoms with E-state index in [4.69, 9.17) is 18.9 Å². The Kier molecular flexibility index (Phi) is 17.8. The fourth-order valence-electron chi connectivity index (χ4n) is 3.45. The van der Waals surface area contributed by atoms with E-state index < -0.39 is 0 Å². The highest BCUT2D eigenvalue weighted by atomic mass is 16.5. The van der Waals surface area contributed by atoms with Crippen LogP contribution in [-0.2, 0) is 23.7 Å². The topological polar surface area (TPSA) is 54.0 Å². The van der Waals surface area contributed by atoms with Crippen LogP contribution in [0, 0.1) is 0 Å².